The SMILES string of the molecule is CN1CCN(c2ccc(C(=O)O)c(N)c2C(C)(C)C)CC1. The fraction of sp³-hybridized carbons (Fsp3) is 0.562. The summed E-state index contributed by atoms with van der Waals surface area (Å²) in [4.78, 5) is 15.9. The lowest BCUT2D eigenvalue weighted by Gasteiger charge is -2.38. The van der Waals surface area contributed by atoms with E-state index < -0.39 is 5.97 Å². The zero-order valence-corrected chi connectivity index (χ0v) is 13.3. The normalized spacial score (nSPS) is 17.0. The predicted molar refractivity (Wildman–Crippen MR) is 86.2 cm³/mol. The van der Waals surface area contributed by atoms with Crippen LogP contribution in [0.3, 0.4) is 0 Å². The predicted octanol–water partition coefficient (Wildman–Crippen LogP) is 2.02. The summed E-state index contributed by atoms with van der Waals surface area (Å²) in [5.41, 5.74) is 8.58. The van der Waals surface area contributed by atoms with E-state index in [4.69, 9.17) is 5.73 Å². The lowest BCUT2D eigenvalue weighted by Crippen LogP contribution is -2.45. The molecular weight excluding hydrogens is 266 g/mol. The highest BCUT2D eigenvalue weighted by atomic mass is 16.4. The van der Waals surface area contributed by atoms with Gasteiger partial charge in [0.15, 0.2) is 0 Å². The third-order valence-electron chi connectivity index (χ3n) is 4.05. The summed E-state index contributed by atoms with van der Waals surface area (Å²) in [6, 6.07) is 3.53. The largest absolute Gasteiger partial charge is 0.478 e. The van der Waals surface area contributed by atoms with Crippen molar-refractivity contribution in [3.63, 3.8) is 0 Å². The molecule has 2 rings (SSSR count). The summed E-state index contributed by atoms with van der Waals surface area (Å²) in [5, 5.41) is 9.29. The van der Waals surface area contributed by atoms with Gasteiger partial charge >= 0.3 is 5.97 Å². The molecule has 116 valence electrons. The molecule has 5 heteroatoms. The van der Waals surface area contributed by atoms with Gasteiger partial charge in [-0.05, 0) is 24.6 Å². The van der Waals surface area contributed by atoms with E-state index in [9.17, 15) is 9.90 Å². The van der Waals surface area contributed by atoms with Gasteiger partial charge in [-0.15, -0.1) is 0 Å². The van der Waals surface area contributed by atoms with Crippen molar-refractivity contribution in [2.24, 2.45) is 0 Å². The molecule has 1 aliphatic rings. The van der Waals surface area contributed by atoms with Crippen molar-refractivity contribution in [1.29, 1.82) is 0 Å². The van der Waals surface area contributed by atoms with Gasteiger partial charge in [-0.3, -0.25) is 0 Å². The Morgan fingerprint density at radius 1 is 1.19 bits per heavy atom. The molecule has 0 atom stereocenters. The van der Waals surface area contributed by atoms with Crippen LogP contribution in [0.25, 0.3) is 0 Å². The van der Waals surface area contributed by atoms with Gasteiger partial charge in [0.25, 0.3) is 0 Å². The number of hydrogen-bond donors (Lipinski definition) is 2. The van der Waals surface area contributed by atoms with Crippen LogP contribution in [0.15, 0.2) is 12.1 Å². The molecule has 1 aromatic rings. The van der Waals surface area contributed by atoms with E-state index in [0.29, 0.717) is 5.69 Å². The van der Waals surface area contributed by atoms with E-state index in [1.54, 1.807) is 6.07 Å². The third-order valence-corrected chi connectivity index (χ3v) is 4.05. The van der Waals surface area contributed by atoms with Crippen LogP contribution in [0.2, 0.25) is 0 Å². The first-order valence-corrected chi connectivity index (χ1v) is 7.31. The van der Waals surface area contributed by atoms with Crippen LogP contribution < -0.4 is 10.6 Å². The van der Waals surface area contributed by atoms with Crippen LogP contribution >= 0.6 is 0 Å². The molecule has 0 radical (unpaired) electrons. The number of nitrogens with two attached hydrogens (primary N) is 1. The molecule has 1 aromatic carbocycles. The Morgan fingerprint density at radius 2 is 1.76 bits per heavy atom. The van der Waals surface area contributed by atoms with Gasteiger partial charge in [0, 0.05) is 37.4 Å². The molecule has 0 bridgehead atoms. The Bertz CT molecular complexity index is 541. The molecule has 1 saturated heterocycles. The highest BCUT2D eigenvalue weighted by molar-refractivity contribution is 5.96. The van der Waals surface area contributed by atoms with E-state index in [0.717, 1.165) is 37.4 Å². The third kappa shape index (κ3) is 3.13. The second-order valence-electron chi connectivity index (χ2n) is 6.77. The molecule has 0 amide bonds. The maximum atomic E-state index is 11.3. The van der Waals surface area contributed by atoms with Gasteiger partial charge < -0.3 is 20.6 Å². The van der Waals surface area contributed by atoms with Crippen LogP contribution in [-0.2, 0) is 5.41 Å². The minimum atomic E-state index is -0.970. The van der Waals surface area contributed by atoms with Crippen LogP contribution in [-0.4, -0.2) is 49.2 Å². The number of carboxylic acids is 1. The minimum Gasteiger partial charge on any atom is -0.478 e. The quantitative estimate of drug-likeness (QED) is 0.816. The van der Waals surface area contributed by atoms with E-state index in [-0.39, 0.29) is 11.0 Å². The summed E-state index contributed by atoms with van der Waals surface area (Å²) in [7, 11) is 2.11. The number of rotatable bonds is 2. The van der Waals surface area contributed by atoms with Crippen molar-refractivity contribution in [1.82, 2.24) is 4.90 Å². The summed E-state index contributed by atoms with van der Waals surface area (Å²) in [6.45, 7) is 10.1. The zero-order valence-electron chi connectivity index (χ0n) is 13.3. The smallest absolute Gasteiger partial charge is 0.337 e. The maximum absolute atomic E-state index is 11.3. The fourth-order valence-electron chi connectivity index (χ4n) is 2.89. The zero-order chi connectivity index (χ0) is 15.8. The number of nitrogens with zero attached hydrogens (tertiary/aromatic N) is 2. The molecule has 1 heterocycles. The van der Waals surface area contributed by atoms with Crippen molar-refractivity contribution in [3.8, 4) is 0 Å². The van der Waals surface area contributed by atoms with Gasteiger partial charge in [-0.25, -0.2) is 4.79 Å². The minimum absolute atomic E-state index is 0.192. The fourth-order valence-corrected chi connectivity index (χ4v) is 2.89. The molecule has 3 N–H and O–H groups in total. The van der Waals surface area contributed by atoms with Gasteiger partial charge in [0.05, 0.1) is 11.3 Å². The highest BCUT2D eigenvalue weighted by Gasteiger charge is 2.28. The molecule has 0 saturated carbocycles. The molecule has 0 aliphatic carbocycles. The van der Waals surface area contributed by atoms with Gasteiger partial charge in [-0.1, -0.05) is 20.8 Å². The average molecular weight is 291 g/mol. The van der Waals surface area contributed by atoms with Crippen molar-refractivity contribution in [2.45, 2.75) is 26.2 Å². The summed E-state index contributed by atoms with van der Waals surface area (Å²) in [5.74, 6) is -0.970. The van der Waals surface area contributed by atoms with E-state index in [2.05, 4.69) is 37.6 Å². The van der Waals surface area contributed by atoms with Crippen LogP contribution in [0.1, 0.15) is 36.7 Å². The Morgan fingerprint density at radius 3 is 2.24 bits per heavy atom. The molecule has 5 nitrogen and oxygen atoms in total. The van der Waals surface area contributed by atoms with Gasteiger partial charge in [0.1, 0.15) is 0 Å². The molecular formula is C16H25N3O2. The van der Waals surface area contributed by atoms with Crippen molar-refractivity contribution in [2.75, 3.05) is 43.9 Å². The van der Waals surface area contributed by atoms with Crippen molar-refractivity contribution in [3.05, 3.63) is 23.3 Å². The van der Waals surface area contributed by atoms with Crippen LogP contribution in [0.4, 0.5) is 11.4 Å². The monoisotopic (exact) mass is 291 g/mol. The number of carboxylic acid groups (broad SMARTS) is 1. The number of nitrogen functional groups attached to an aromatic ring is 1. The second kappa shape index (κ2) is 5.56. The summed E-state index contributed by atoms with van der Waals surface area (Å²) < 4.78 is 0. The number of anilines is 2. The first-order valence-electron chi connectivity index (χ1n) is 7.31. The highest BCUT2D eigenvalue weighted by Crippen LogP contribution is 2.38. The Kier molecular flexibility index (Phi) is 4.14. The topological polar surface area (TPSA) is 69.8 Å². The Hall–Kier alpha value is -1.75. The molecule has 1 fully saturated rings. The number of likely N-dealkylation sites (N-methyl/N-ethyl adjacent to an activating group) is 1. The number of carbonyl (C=O) groups is 1. The number of benzene rings is 1. The first kappa shape index (κ1) is 15.6. The molecule has 21 heavy (non-hydrogen) atoms. The first-order chi connectivity index (χ1) is 9.71. The number of aromatic carboxylic acids is 1. The van der Waals surface area contributed by atoms with Crippen LogP contribution in [0.5, 0.6) is 0 Å². The summed E-state index contributed by atoms with van der Waals surface area (Å²) >= 11 is 0. The lowest BCUT2D eigenvalue weighted by molar-refractivity contribution is 0.0698. The number of piperazine rings is 1. The Balaban J connectivity index is 2.51. The van der Waals surface area contributed by atoms with Crippen LogP contribution in [0, 0.1) is 0 Å². The van der Waals surface area contributed by atoms with Gasteiger partial charge in [0.2, 0.25) is 0 Å². The van der Waals surface area contributed by atoms with Gasteiger partial charge in [-0.2, -0.15) is 0 Å². The molecule has 1 aliphatic heterocycles. The lowest BCUT2D eigenvalue weighted by atomic mass is 9.82. The maximum Gasteiger partial charge on any atom is 0.337 e. The molecule has 0 spiro atoms. The van der Waals surface area contributed by atoms with E-state index in [1.165, 1.54) is 0 Å². The van der Waals surface area contributed by atoms with E-state index >= 15 is 0 Å². The van der Waals surface area contributed by atoms with Crippen molar-refractivity contribution < 1.29 is 9.90 Å². The van der Waals surface area contributed by atoms with Crippen molar-refractivity contribution >= 4 is 17.3 Å². The standard InChI is InChI=1S/C16H25N3O2/c1-16(2,3)13-12(19-9-7-18(4)8-10-19)6-5-11(14(13)17)15(20)21/h5-6H,7-10,17H2,1-4H3,(H,20,21). The molecule has 0 unspecified atom stereocenters. The summed E-state index contributed by atoms with van der Waals surface area (Å²) in [6.07, 6.45) is 0. The average Bonchev–Trinajstić information content (AvgIpc) is 2.37. The Labute approximate surface area is 126 Å². The second-order valence-corrected chi connectivity index (χ2v) is 6.77. The van der Waals surface area contributed by atoms with E-state index in [1.807, 2.05) is 6.07 Å². The molecule has 0 aromatic heterocycles. The number of hydrogen-bond acceptors (Lipinski definition) is 4.